The number of rotatable bonds is 10. The highest BCUT2D eigenvalue weighted by Gasteiger charge is 2.15. The fraction of sp³-hybridized carbons (Fsp3) is 0. The molecule has 0 amide bonds. The SMILES string of the molecule is [2H]c1c([2H])c(N(c2ccc(-c3cccc(-c4ccc5ccccc5c4)c3)cc2)c2c([2H])c([2H])c(-c3cc(-c4ccccc4)cc(-c4ccccc4)c3)c([2H])c2[2H])c([2H])c([2H])c1-c1cccc(-c2ccccc2)c1. The van der Waals surface area contributed by atoms with Crippen LogP contribution in [0.4, 0.5) is 17.1 Å². The van der Waals surface area contributed by atoms with Crippen molar-refractivity contribution >= 4 is 27.8 Å². The Hall–Kier alpha value is -8.52. The van der Waals surface area contributed by atoms with Crippen molar-refractivity contribution in [1.82, 2.24) is 0 Å². The second-order valence-corrected chi connectivity index (χ2v) is 16.0. The molecule has 11 aromatic carbocycles. The Labute approximate surface area is 393 Å². The lowest BCUT2D eigenvalue weighted by atomic mass is 9.93. The van der Waals surface area contributed by atoms with Crippen LogP contribution in [0.2, 0.25) is 0 Å². The molecule has 0 aromatic heterocycles. The molecule has 0 heterocycles. The van der Waals surface area contributed by atoms with Crippen LogP contribution in [-0.2, 0) is 0 Å². The summed E-state index contributed by atoms with van der Waals surface area (Å²) < 4.78 is 77.4. The van der Waals surface area contributed by atoms with E-state index in [2.05, 4.69) is 42.5 Å². The van der Waals surface area contributed by atoms with E-state index in [9.17, 15) is 11.0 Å². The number of hydrogen-bond donors (Lipinski definition) is 0. The number of hydrogen-bond acceptors (Lipinski definition) is 1. The zero-order valence-corrected chi connectivity index (χ0v) is 35.3. The average Bonchev–Trinajstić information content (AvgIpc) is 3.44. The highest BCUT2D eigenvalue weighted by molar-refractivity contribution is 5.89. The molecule has 0 spiro atoms. The van der Waals surface area contributed by atoms with Gasteiger partial charge in [0.1, 0.15) is 0 Å². The summed E-state index contributed by atoms with van der Waals surface area (Å²) in [7, 11) is 0. The Morgan fingerprint density at radius 2 is 0.523 bits per heavy atom. The van der Waals surface area contributed by atoms with E-state index in [-0.39, 0.29) is 46.7 Å². The molecule has 0 unspecified atom stereocenters. The molecule has 0 aliphatic rings. The van der Waals surface area contributed by atoms with Gasteiger partial charge in [-0.25, -0.2) is 0 Å². The molecular weight excluding hydrogens is 783 g/mol. The quantitative estimate of drug-likeness (QED) is 0.133. The largest absolute Gasteiger partial charge is 0.311 e. The van der Waals surface area contributed by atoms with Gasteiger partial charge in [0, 0.05) is 17.1 Å². The van der Waals surface area contributed by atoms with Crippen LogP contribution >= 0.6 is 0 Å². The van der Waals surface area contributed by atoms with E-state index in [1.807, 2.05) is 164 Å². The molecule has 0 fully saturated rings. The summed E-state index contributed by atoms with van der Waals surface area (Å²) in [6, 6.07) is 69.7. The van der Waals surface area contributed by atoms with E-state index in [1.54, 1.807) is 18.2 Å². The molecule has 306 valence electrons. The Kier molecular flexibility index (Phi) is 8.53. The summed E-state index contributed by atoms with van der Waals surface area (Å²) in [5, 5.41) is 2.29. The van der Waals surface area contributed by atoms with Gasteiger partial charge >= 0.3 is 0 Å². The maximum atomic E-state index is 9.80. The Morgan fingerprint density at radius 3 is 1.03 bits per heavy atom. The van der Waals surface area contributed by atoms with Crippen LogP contribution in [0.3, 0.4) is 0 Å². The van der Waals surface area contributed by atoms with Crippen LogP contribution in [-0.4, -0.2) is 0 Å². The van der Waals surface area contributed by atoms with Crippen LogP contribution < -0.4 is 4.90 Å². The highest BCUT2D eigenvalue weighted by atomic mass is 15.1. The molecule has 0 aliphatic carbocycles. The lowest BCUT2D eigenvalue weighted by molar-refractivity contribution is 1.28. The van der Waals surface area contributed by atoms with Gasteiger partial charge in [-0.05, 0) is 161 Å². The molecule has 11 rings (SSSR count). The minimum Gasteiger partial charge on any atom is -0.311 e. The van der Waals surface area contributed by atoms with Gasteiger partial charge in [-0.2, -0.15) is 0 Å². The molecule has 11 aromatic rings. The molecule has 0 N–H and O–H groups in total. The van der Waals surface area contributed by atoms with Gasteiger partial charge in [0.05, 0.1) is 11.0 Å². The van der Waals surface area contributed by atoms with Gasteiger partial charge in [0.25, 0.3) is 0 Å². The van der Waals surface area contributed by atoms with Crippen molar-refractivity contribution in [3.8, 4) is 77.9 Å². The fourth-order valence-corrected chi connectivity index (χ4v) is 8.40. The van der Waals surface area contributed by atoms with Crippen LogP contribution in [0.1, 0.15) is 11.0 Å². The molecule has 0 atom stereocenters. The summed E-state index contributed by atoms with van der Waals surface area (Å²) in [5.41, 5.74) is 10.2. The normalized spacial score (nSPS) is 12.8. The third-order valence-electron chi connectivity index (χ3n) is 11.8. The van der Waals surface area contributed by atoms with E-state index in [1.165, 1.54) is 4.90 Å². The first kappa shape index (κ1) is 31.3. The van der Waals surface area contributed by atoms with Crippen molar-refractivity contribution in [2.24, 2.45) is 0 Å². The third-order valence-corrected chi connectivity index (χ3v) is 11.8. The van der Waals surface area contributed by atoms with Gasteiger partial charge < -0.3 is 4.90 Å². The topological polar surface area (TPSA) is 3.24 Å². The van der Waals surface area contributed by atoms with E-state index in [4.69, 9.17) is 0 Å². The standard InChI is InChI=1S/C64H45N/c1-4-14-46(15-5-1)54-22-12-23-55(40-54)50-28-34-62(35-29-50)65(63-36-30-51(31-37-63)56-24-13-25-57(41-56)58-27-26-49-20-10-11-21-53(49)42-58)64-38-32-52(33-39-64)61-44-59(47-16-6-2-7-17-47)43-60(45-61)48-18-8-3-9-19-48/h1-45H/i28D,29D,32D,33D,34D,35D,38D,39D. The van der Waals surface area contributed by atoms with E-state index in [0.717, 1.165) is 66.4 Å². The maximum Gasteiger partial charge on any atom is 0.0645 e. The predicted octanol–water partition coefficient (Wildman–Crippen LogP) is 18.0. The van der Waals surface area contributed by atoms with Crippen molar-refractivity contribution < 1.29 is 11.0 Å². The van der Waals surface area contributed by atoms with Gasteiger partial charge in [0.2, 0.25) is 0 Å². The summed E-state index contributed by atoms with van der Waals surface area (Å²) in [6.45, 7) is 0. The zero-order valence-electron chi connectivity index (χ0n) is 43.3. The van der Waals surface area contributed by atoms with Crippen LogP contribution in [0.15, 0.2) is 273 Å². The summed E-state index contributed by atoms with van der Waals surface area (Å²) in [4.78, 5) is 1.36. The van der Waals surface area contributed by atoms with Crippen molar-refractivity contribution in [1.29, 1.82) is 0 Å². The zero-order chi connectivity index (χ0) is 50.3. The van der Waals surface area contributed by atoms with Crippen LogP contribution in [0.5, 0.6) is 0 Å². The first-order valence-electron chi connectivity index (χ1n) is 25.7. The number of anilines is 3. The maximum absolute atomic E-state index is 9.80. The second-order valence-electron chi connectivity index (χ2n) is 16.0. The molecule has 0 saturated carbocycles. The van der Waals surface area contributed by atoms with E-state index in [0.29, 0.717) is 16.8 Å². The second kappa shape index (κ2) is 17.7. The number of benzene rings is 11. The minimum atomic E-state index is -0.411. The van der Waals surface area contributed by atoms with E-state index < -0.39 is 24.2 Å². The van der Waals surface area contributed by atoms with Crippen molar-refractivity contribution in [3.63, 3.8) is 0 Å². The van der Waals surface area contributed by atoms with Gasteiger partial charge in [-0.1, -0.05) is 200 Å². The molecular formula is C64H45N. The van der Waals surface area contributed by atoms with Gasteiger partial charge in [-0.3, -0.25) is 0 Å². The monoisotopic (exact) mass is 835 g/mol. The summed E-state index contributed by atoms with van der Waals surface area (Å²) in [5.74, 6) is 0. The van der Waals surface area contributed by atoms with Crippen molar-refractivity contribution in [2.75, 3.05) is 4.90 Å². The molecule has 0 bridgehead atoms. The lowest BCUT2D eigenvalue weighted by Crippen LogP contribution is -2.09. The van der Waals surface area contributed by atoms with E-state index >= 15 is 0 Å². The Balaban J connectivity index is 1.08. The van der Waals surface area contributed by atoms with Crippen LogP contribution in [0.25, 0.3) is 88.7 Å². The number of fused-ring (bicyclic) bond motifs is 1. The summed E-state index contributed by atoms with van der Waals surface area (Å²) >= 11 is 0. The average molecular weight is 836 g/mol. The third kappa shape index (κ3) is 8.40. The minimum absolute atomic E-state index is 0.0866. The van der Waals surface area contributed by atoms with Crippen molar-refractivity contribution in [3.05, 3.63) is 273 Å². The summed E-state index contributed by atoms with van der Waals surface area (Å²) in [6.07, 6.45) is 0. The first-order valence-corrected chi connectivity index (χ1v) is 21.7. The molecule has 1 nitrogen and oxygen atoms in total. The first-order chi connectivity index (χ1) is 35.5. The van der Waals surface area contributed by atoms with Gasteiger partial charge in [0.15, 0.2) is 0 Å². The smallest absolute Gasteiger partial charge is 0.0645 e. The van der Waals surface area contributed by atoms with Crippen LogP contribution in [0, 0.1) is 0 Å². The molecule has 0 saturated heterocycles. The van der Waals surface area contributed by atoms with Gasteiger partial charge in [-0.15, -0.1) is 0 Å². The fourth-order valence-electron chi connectivity index (χ4n) is 8.40. The molecule has 1 heteroatoms. The predicted molar refractivity (Wildman–Crippen MR) is 277 cm³/mol. The number of nitrogens with zero attached hydrogens (tertiary/aromatic N) is 1. The Morgan fingerprint density at radius 1 is 0.200 bits per heavy atom. The van der Waals surface area contributed by atoms with Crippen molar-refractivity contribution in [2.45, 2.75) is 0 Å². The Bertz CT molecular complexity index is 3760. The lowest BCUT2D eigenvalue weighted by Gasteiger charge is -2.26. The molecule has 0 radical (unpaired) electrons. The molecule has 65 heavy (non-hydrogen) atoms. The highest BCUT2D eigenvalue weighted by Crippen LogP contribution is 2.40. The molecule has 0 aliphatic heterocycles.